The van der Waals surface area contributed by atoms with Gasteiger partial charge in [0.15, 0.2) is 6.54 Å². The molecule has 0 radical (unpaired) electrons. The highest BCUT2D eigenvalue weighted by atomic mass is 32.1. The van der Waals surface area contributed by atoms with Gasteiger partial charge in [-0.1, -0.05) is 12.1 Å². The molecule has 1 aliphatic rings. The molecule has 136 valence electrons. The van der Waals surface area contributed by atoms with Crippen molar-refractivity contribution < 1.29 is 9.69 Å². The number of fused-ring (bicyclic) bond motifs is 1. The Balaban J connectivity index is 1.37. The van der Waals surface area contributed by atoms with Gasteiger partial charge >= 0.3 is 0 Å². The Hall–Kier alpha value is -2.75. The molecule has 1 saturated heterocycles. The third kappa shape index (κ3) is 4.16. The molecule has 2 aromatic carbocycles. The molecule has 2 heterocycles. The fraction of sp³-hybridized carbons (Fsp3) is 0.286. The van der Waals surface area contributed by atoms with Crippen molar-refractivity contribution in [3.8, 4) is 6.07 Å². The number of quaternary nitrogens is 1. The van der Waals surface area contributed by atoms with Crippen LogP contribution >= 0.6 is 11.3 Å². The van der Waals surface area contributed by atoms with Gasteiger partial charge in [-0.3, -0.25) is 4.79 Å². The topological polar surface area (TPSA) is 70.2 Å². The highest BCUT2D eigenvalue weighted by molar-refractivity contribution is 7.18. The molecule has 2 N–H and O–H groups in total. The van der Waals surface area contributed by atoms with E-state index in [0.717, 1.165) is 37.1 Å². The van der Waals surface area contributed by atoms with Gasteiger partial charge in [0, 0.05) is 5.69 Å². The van der Waals surface area contributed by atoms with E-state index in [2.05, 4.69) is 29.6 Å². The average molecular weight is 377 g/mol. The number of thiazole rings is 1. The summed E-state index contributed by atoms with van der Waals surface area (Å²) >= 11 is 1.78. The van der Waals surface area contributed by atoms with E-state index in [0.29, 0.717) is 18.0 Å². The first-order chi connectivity index (χ1) is 13.2. The van der Waals surface area contributed by atoms with Crippen LogP contribution < -0.4 is 10.2 Å². The normalized spacial score (nSPS) is 19.5. The van der Waals surface area contributed by atoms with Gasteiger partial charge in [-0.25, -0.2) is 4.98 Å². The standard InChI is InChI=1S/C21H20N4OS/c22-12-15-7-9-17(10-8-15)23-20(26)14-25-11-3-4-16(13-25)21-24-18-5-1-2-6-19(18)27-21/h1-2,5-10,16H,3-4,11,13-14H2,(H,23,26)/p+1/t16-/m1/s1. The lowest BCUT2D eigenvalue weighted by atomic mass is 9.99. The molecule has 4 rings (SSSR count). The second-order valence-electron chi connectivity index (χ2n) is 6.98. The molecule has 1 fully saturated rings. The van der Waals surface area contributed by atoms with Crippen molar-refractivity contribution in [1.82, 2.24) is 4.98 Å². The molecule has 6 heteroatoms. The number of likely N-dealkylation sites (tertiary alicyclic amines) is 1. The van der Waals surface area contributed by atoms with E-state index >= 15 is 0 Å². The van der Waals surface area contributed by atoms with Crippen LogP contribution in [0.5, 0.6) is 0 Å². The van der Waals surface area contributed by atoms with E-state index in [9.17, 15) is 4.79 Å². The maximum atomic E-state index is 12.4. The lowest BCUT2D eigenvalue weighted by molar-refractivity contribution is -0.898. The van der Waals surface area contributed by atoms with Crippen molar-refractivity contribution in [3.63, 3.8) is 0 Å². The quantitative estimate of drug-likeness (QED) is 0.734. The van der Waals surface area contributed by atoms with Crippen LogP contribution in [0.2, 0.25) is 0 Å². The number of nitrogens with zero attached hydrogens (tertiary/aromatic N) is 2. The number of carbonyl (C=O) groups is 1. The first kappa shape index (κ1) is 17.7. The lowest BCUT2D eigenvalue weighted by Crippen LogP contribution is -3.14. The zero-order chi connectivity index (χ0) is 18.6. The maximum Gasteiger partial charge on any atom is 0.279 e. The van der Waals surface area contributed by atoms with Gasteiger partial charge in [0.2, 0.25) is 0 Å². The summed E-state index contributed by atoms with van der Waals surface area (Å²) in [6.45, 7) is 2.42. The summed E-state index contributed by atoms with van der Waals surface area (Å²) in [5.74, 6) is 0.438. The summed E-state index contributed by atoms with van der Waals surface area (Å²) in [6.07, 6.45) is 2.25. The summed E-state index contributed by atoms with van der Waals surface area (Å²) in [5, 5.41) is 13.0. The van der Waals surface area contributed by atoms with Gasteiger partial charge in [-0.15, -0.1) is 11.3 Å². The Bertz CT molecular complexity index is 956. The molecule has 0 saturated carbocycles. The predicted molar refractivity (Wildman–Crippen MR) is 107 cm³/mol. The molecule has 0 aliphatic carbocycles. The van der Waals surface area contributed by atoms with Crippen LogP contribution in [0.25, 0.3) is 10.2 Å². The van der Waals surface area contributed by atoms with E-state index in [-0.39, 0.29) is 5.91 Å². The summed E-state index contributed by atoms with van der Waals surface area (Å²) in [4.78, 5) is 18.5. The van der Waals surface area contributed by atoms with Gasteiger partial charge in [-0.05, 0) is 49.2 Å². The monoisotopic (exact) mass is 377 g/mol. The maximum absolute atomic E-state index is 12.4. The number of nitrogens with one attached hydrogen (secondary N) is 2. The van der Waals surface area contributed by atoms with Crippen LogP contribution in [-0.2, 0) is 4.79 Å². The minimum Gasteiger partial charge on any atom is -0.327 e. The summed E-state index contributed by atoms with van der Waals surface area (Å²) in [6, 6.07) is 17.3. The average Bonchev–Trinajstić information content (AvgIpc) is 3.13. The minimum atomic E-state index is 0.0136. The number of aromatic nitrogens is 1. The van der Waals surface area contributed by atoms with Crippen molar-refractivity contribution in [3.05, 3.63) is 59.1 Å². The Morgan fingerprint density at radius 1 is 1.26 bits per heavy atom. The predicted octanol–water partition coefficient (Wildman–Crippen LogP) is 2.57. The first-order valence-electron chi connectivity index (χ1n) is 9.20. The molecule has 1 aromatic heterocycles. The Morgan fingerprint density at radius 2 is 2.07 bits per heavy atom. The second kappa shape index (κ2) is 7.87. The Kier molecular flexibility index (Phi) is 5.14. The van der Waals surface area contributed by atoms with Crippen molar-refractivity contribution in [2.75, 3.05) is 25.0 Å². The summed E-state index contributed by atoms with van der Waals surface area (Å²) in [7, 11) is 0. The van der Waals surface area contributed by atoms with Gasteiger partial charge in [-0.2, -0.15) is 5.26 Å². The molecule has 1 unspecified atom stereocenters. The first-order valence-corrected chi connectivity index (χ1v) is 10.0. The molecule has 0 spiro atoms. The molecule has 3 aromatic rings. The number of anilines is 1. The molecular weight excluding hydrogens is 356 g/mol. The number of nitriles is 1. The zero-order valence-electron chi connectivity index (χ0n) is 14.9. The smallest absolute Gasteiger partial charge is 0.279 e. The van der Waals surface area contributed by atoms with Crippen LogP contribution in [-0.4, -0.2) is 30.5 Å². The fourth-order valence-corrected chi connectivity index (χ4v) is 4.75. The molecule has 0 bridgehead atoms. The minimum absolute atomic E-state index is 0.0136. The van der Waals surface area contributed by atoms with Crippen LogP contribution in [0.4, 0.5) is 5.69 Å². The number of para-hydroxylation sites is 1. The third-order valence-corrected chi connectivity index (χ3v) is 6.18. The highest BCUT2D eigenvalue weighted by Crippen LogP contribution is 2.30. The van der Waals surface area contributed by atoms with Crippen molar-refractivity contribution in [2.24, 2.45) is 0 Å². The van der Waals surface area contributed by atoms with E-state index in [1.54, 1.807) is 35.6 Å². The number of carbonyl (C=O) groups excluding carboxylic acids is 1. The second-order valence-corrected chi connectivity index (χ2v) is 8.04. The van der Waals surface area contributed by atoms with E-state index in [1.165, 1.54) is 14.6 Å². The van der Waals surface area contributed by atoms with E-state index < -0.39 is 0 Å². The van der Waals surface area contributed by atoms with Crippen LogP contribution in [0.3, 0.4) is 0 Å². The Morgan fingerprint density at radius 3 is 2.85 bits per heavy atom. The van der Waals surface area contributed by atoms with Gasteiger partial charge in [0.25, 0.3) is 5.91 Å². The number of hydrogen-bond acceptors (Lipinski definition) is 4. The third-order valence-electron chi connectivity index (χ3n) is 4.99. The van der Waals surface area contributed by atoms with Crippen molar-refractivity contribution >= 4 is 33.1 Å². The number of piperidine rings is 1. The SMILES string of the molecule is N#Cc1ccc(NC(=O)C[NH+]2CCC[C@@H](c3nc4ccccc4s3)C2)cc1. The molecule has 1 aliphatic heterocycles. The summed E-state index contributed by atoms with van der Waals surface area (Å²) in [5.41, 5.74) is 2.40. The van der Waals surface area contributed by atoms with Crippen molar-refractivity contribution in [1.29, 1.82) is 5.26 Å². The zero-order valence-corrected chi connectivity index (χ0v) is 15.8. The van der Waals surface area contributed by atoms with Crippen LogP contribution in [0.1, 0.15) is 29.3 Å². The van der Waals surface area contributed by atoms with Gasteiger partial charge in [0.05, 0.1) is 40.9 Å². The molecule has 1 amide bonds. The van der Waals surface area contributed by atoms with Crippen LogP contribution in [0.15, 0.2) is 48.5 Å². The van der Waals surface area contributed by atoms with Gasteiger partial charge in [0.1, 0.15) is 5.01 Å². The largest absolute Gasteiger partial charge is 0.327 e. The molecule has 5 nitrogen and oxygen atoms in total. The molecule has 2 atom stereocenters. The Labute approximate surface area is 162 Å². The van der Waals surface area contributed by atoms with E-state index in [4.69, 9.17) is 10.2 Å². The number of amides is 1. The lowest BCUT2D eigenvalue weighted by Gasteiger charge is -2.28. The number of benzene rings is 2. The number of rotatable bonds is 4. The summed E-state index contributed by atoms with van der Waals surface area (Å²) < 4.78 is 1.23. The molecule has 27 heavy (non-hydrogen) atoms. The van der Waals surface area contributed by atoms with Crippen LogP contribution in [0, 0.1) is 11.3 Å². The highest BCUT2D eigenvalue weighted by Gasteiger charge is 2.28. The fourth-order valence-electron chi connectivity index (χ4n) is 3.65. The van der Waals surface area contributed by atoms with Crippen molar-refractivity contribution in [2.45, 2.75) is 18.8 Å². The van der Waals surface area contributed by atoms with E-state index in [1.807, 2.05) is 6.07 Å². The number of hydrogen-bond donors (Lipinski definition) is 2. The van der Waals surface area contributed by atoms with Gasteiger partial charge < -0.3 is 10.2 Å². The molecular formula is C21H21N4OS+.